The van der Waals surface area contributed by atoms with Crippen LogP contribution in [-0.2, 0) is 5.54 Å². The van der Waals surface area contributed by atoms with E-state index < -0.39 is 0 Å². The van der Waals surface area contributed by atoms with E-state index in [1.807, 2.05) is 12.1 Å². The molecule has 1 saturated carbocycles. The summed E-state index contributed by atoms with van der Waals surface area (Å²) in [5.74, 6) is 0.626. The summed E-state index contributed by atoms with van der Waals surface area (Å²) in [4.78, 5) is 8.33. The van der Waals surface area contributed by atoms with Crippen molar-refractivity contribution in [2.75, 3.05) is 0 Å². The Morgan fingerprint density at radius 3 is 2.67 bits per heavy atom. The highest BCUT2D eigenvalue weighted by Crippen LogP contribution is 2.42. The van der Waals surface area contributed by atoms with Gasteiger partial charge in [0.15, 0.2) is 11.2 Å². The van der Waals surface area contributed by atoms with Crippen LogP contribution in [0, 0.1) is 0 Å². The van der Waals surface area contributed by atoms with Gasteiger partial charge in [0, 0.05) is 6.20 Å². The molecule has 1 fully saturated rings. The number of aromatic nitrogens is 2. The zero-order valence-corrected chi connectivity index (χ0v) is 9.48. The fourth-order valence-electron chi connectivity index (χ4n) is 1.33. The highest BCUT2D eigenvalue weighted by Gasteiger charge is 2.45. The average Bonchev–Trinajstić information content (AvgIpc) is 2.76. The summed E-state index contributed by atoms with van der Waals surface area (Å²) < 4.78 is 5.50. The molecule has 0 spiro atoms. The van der Waals surface area contributed by atoms with Gasteiger partial charge >= 0.3 is 0 Å². The minimum absolute atomic E-state index is 0. The summed E-state index contributed by atoms with van der Waals surface area (Å²) in [6.07, 6.45) is 3.62. The van der Waals surface area contributed by atoms with Gasteiger partial charge in [-0.3, -0.25) is 0 Å². The number of fused-ring (bicyclic) bond motifs is 1. The van der Waals surface area contributed by atoms with Crippen molar-refractivity contribution in [3.63, 3.8) is 0 Å². The Kier molecular flexibility index (Phi) is 3.23. The fourth-order valence-corrected chi connectivity index (χ4v) is 1.33. The first-order chi connectivity index (χ1) is 6.28. The van der Waals surface area contributed by atoms with Gasteiger partial charge < -0.3 is 10.2 Å². The van der Waals surface area contributed by atoms with Crippen LogP contribution < -0.4 is 5.73 Å². The zero-order valence-electron chi connectivity index (χ0n) is 7.84. The highest BCUT2D eigenvalue weighted by atomic mass is 35.5. The predicted molar refractivity (Wildman–Crippen MR) is 61.4 cm³/mol. The van der Waals surface area contributed by atoms with Crippen molar-refractivity contribution in [1.29, 1.82) is 0 Å². The van der Waals surface area contributed by atoms with Crippen molar-refractivity contribution < 1.29 is 4.42 Å². The van der Waals surface area contributed by atoms with Gasteiger partial charge in [-0.05, 0) is 25.0 Å². The van der Waals surface area contributed by atoms with Crippen molar-refractivity contribution in [1.82, 2.24) is 9.97 Å². The molecule has 3 rings (SSSR count). The molecule has 4 nitrogen and oxygen atoms in total. The topological polar surface area (TPSA) is 64.9 Å². The molecule has 0 amide bonds. The molecular weight excluding hydrogens is 237 g/mol. The smallest absolute Gasteiger partial charge is 0.217 e. The Balaban J connectivity index is 0.000000562. The molecule has 0 bridgehead atoms. The third-order valence-corrected chi connectivity index (χ3v) is 2.38. The fraction of sp³-hybridized carbons (Fsp3) is 0.333. The van der Waals surface area contributed by atoms with Crippen LogP contribution in [0.2, 0.25) is 0 Å². The predicted octanol–water partition coefficient (Wildman–Crippen LogP) is 2.01. The summed E-state index contributed by atoms with van der Waals surface area (Å²) in [6, 6.07) is 3.68. The van der Waals surface area contributed by atoms with Gasteiger partial charge in [0.2, 0.25) is 5.89 Å². The van der Waals surface area contributed by atoms with Crippen LogP contribution in [0.3, 0.4) is 0 Å². The van der Waals surface area contributed by atoms with E-state index in [9.17, 15) is 0 Å². The largest absolute Gasteiger partial charge is 0.437 e. The van der Waals surface area contributed by atoms with Crippen LogP contribution in [0.5, 0.6) is 0 Å². The average molecular weight is 248 g/mol. The van der Waals surface area contributed by atoms with E-state index in [4.69, 9.17) is 10.2 Å². The van der Waals surface area contributed by atoms with Crippen LogP contribution in [0.15, 0.2) is 22.7 Å². The number of halogens is 2. The third-order valence-electron chi connectivity index (χ3n) is 2.38. The molecule has 0 atom stereocenters. The number of rotatable bonds is 1. The zero-order chi connectivity index (χ0) is 8.89. The number of oxazole rings is 1. The Morgan fingerprint density at radius 2 is 2.07 bits per heavy atom. The van der Waals surface area contributed by atoms with Gasteiger partial charge in [-0.25, -0.2) is 4.98 Å². The maximum atomic E-state index is 5.95. The van der Waals surface area contributed by atoms with Gasteiger partial charge in [-0.1, -0.05) is 0 Å². The molecule has 1 aliphatic rings. The molecule has 2 heterocycles. The Hall–Kier alpha value is -0.840. The molecule has 0 unspecified atom stereocenters. The number of nitrogens with two attached hydrogens (primary N) is 1. The maximum Gasteiger partial charge on any atom is 0.217 e. The van der Waals surface area contributed by atoms with Crippen LogP contribution >= 0.6 is 24.8 Å². The summed E-state index contributed by atoms with van der Waals surface area (Å²) in [5.41, 5.74) is 7.01. The number of hydrogen-bond donors (Lipinski definition) is 1. The number of pyridine rings is 1. The molecule has 15 heavy (non-hydrogen) atoms. The van der Waals surface area contributed by atoms with E-state index in [1.165, 1.54) is 0 Å². The molecule has 0 radical (unpaired) electrons. The molecule has 82 valence electrons. The first kappa shape index (κ1) is 12.2. The quantitative estimate of drug-likeness (QED) is 0.838. The lowest BCUT2D eigenvalue weighted by molar-refractivity contribution is 0.465. The second-order valence-electron chi connectivity index (χ2n) is 3.50. The summed E-state index contributed by atoms with van der Waals surface area (Å²) in [7, 11) is 0. The standard InChI is InChI=1S/C9H9N3O.2ClH/c10-9(3-4-9)8-12-7-6(13-8)2-1-5-11-7;;/h1-2,5H,3-4,10H2;2*1H. The molecular formula is C9H11Cl2N3O. The summed E-state index contributed by atoms with van der Waals surface area (Å²) in [5, 5.41) is 0. The molecule has 1 aliphatic carbocycles. The first-order valence-corrected chi connectivity index (χ1v) is 4.29. The monoisotopic (exact) mass is 247 g/mol. The lowest BCUT2D eigenvalue weighted by Gasteiger charge is -1.98. The van der Waals surface area contributed by atoms with E-state index in [0.717, 1.165) is 12.8 Å². The SMILES string of the molecule is Cl.Cl.NC1(c2nc3ncccc3o2)CC1. The number of nitrogens with zero attached hydrogens (tertiary/aromatic N) is 2. The van der Waals surface area contributed by atoms with Crippen LogP contribution in [0.4, 0.5) is 0 Å². The molecule has 0 aromatic carbocycles. The van der Waals surface area contributed by atoms with E-state index in [1.54, 1.807) is 6.20 Å². The van der Waals surface area contributed by atoms with Gasteiger partial charge in [-0.15, -0.1) is 24.8 Å². The second-order valence-corrected chi connectivity index (χ2v) is 3.50. The highest BCUT2D eigenvalue weighted by molar-refractivity contribution is 5.85. The lowest BCUT2D eigenvalue weighted by atomic mass is 10.3. The molecule has 2 aromatic rings. The van der Waals surface area contributed by atoms with Gasteiger partial charge in [0.25, 0.3) is 0 Å². The van der Waals surface area contributed by atoms with Crippen LogP contribution in [0.25, 0.3) is 11.2 Å². The molecule has 6 heteroatoms. The third kappa shape index (κ3) is 1.93. The Bertz CT molecular complexity index is 434. The first-order valence-electron chi connectivity index (χ1n) is 4.29. The molecule has 2 aromatic heterocycles. The van der Waals surface area contributed by atoms with E-state index >= 15 is 0 Å². The van der Waals surface area contributed by atoms with Gasteiger partial charge in [-0.2, -0.15) is 4.98 Å². The Labute approximate surface area is 99.1 Å². The van der Waals surface area contributed by atoms with E-state index in [2.05, 4.69) is 9.97 Å². The van der Waals surface area contributed by atoms with Crippen molar-refractivity contribution in [3.05, 3.63) is 24.2 Å². The summed E-state index contributed by atoms with van der Waals surface area (Å²) >= 11 is 0. The van der Waals surface area contributed by atoms with Crippen molar-refractivity contribution in [2.45, 2.75) is 18.4 Å². The molecule has 0 aliphatic heterocycles. The Morgan fingerprint density at radius 1 is 1.33 bits per heavy atom. The molecule has 0 saturated heterocycles. The van der Waals surface area contributed by atoms with Crippen LogP contribution in [0.1, 0.15) is 18.7 Å². The van der Waals surface area contributed by atoms with Gasteiger partial charge in [0.05, 0.1) is 5.54 Å². The number of hydrogen-bond acceptors (Lipinski definition) is 4. The van der Waals surface area contributed by atoms with Crippen molar-refractivity contribution in [2.24, 2.45) is 5.73 Å². The van der Waals surface area contributed by atoms with E-state index in [0.29, 0.717) is 17.1 Å². The lowest BCUT2D eigenvalue weighted by Crippen LogP contribution is -2.18. The normalized spacial score (nSPS) is 16.6. The maximum absolute atomic E-state index is 5.95. The molecule has 2 N–H and O–H groups in total. The minimum atomic E-state index is -0.305. The summed E-state index contributed by atoms with van der Waals surface area (Å²) in [6.45, 7) is 0. The second kappa shape index (κ2) is 3.96. The van der Waals surface area contributed by atoms with Crippen molar-refractivity contribution >= 4 is 36.0 Å². The van der Waals surface area contributed by atoms with E-state index in [-0.39, 0.29) is 30.4 Å². The van der Waals surface area contributed by atoms with Crippen molar-refractivity contribution in [3.8, 4) is 0 Å². The van der Waals surface area contributed by atoms with Crippen LogP contribution in [-0.4, -0.2) is 9.97 Å². The van der Waals surface area contributed by atoms with Gasteiger partial charge in [0.1, 0.15) is 0 Å². The minimum Gasteiger partial charge on any atom is -0.437 e.